The average molecular weight is 347 g/mol. The quantitative estimate of drug-likeness (QED) is 0.728. The summed E-state index contributed by atoms with van der Waals surface area (Å²) < 4.78 is 0. The lowest BCUT2D eigenvalue weighted by Crippen LogP contribution is -2.05. The van der Waals surface area contributed by atoms with Crippen LogP contribution in [0.1, 0.15) is 5.56 Å². The first-order chi connectivity index (χ1) is 11.2. The van der Waals surface area contributed by atoms with Crippen LogP contribution in [-0.4, -0.2) is 20.2 Å². The highest BCUT2D eigenvalue weighted by molar-refractivity contribution is 6.36. The maximum Gasteiger partial charge on any atom is 0.249 e. The molecular weight excluding hydrogens is 335 g/mol. The standard InChI is InChI=1S/C15H12Cl2N6/c16-11-1-2-13(12(17)7-11)21-15-22-14(9-20-23-15)19-8-10-3-5-18-6-4-10/h1-7,9H,8H2,(H2,19,21,22,23). The number of pyridine rings is 1. The van der Waals surface area contributed by atoms with E-state index < -0.39 is 0 Å². The van der Waals surface area contributed by atoms with Gasteiger partial charge in [-0.1, -0.05) is 23.2 Å². The summed E-state index contributed by atoms with van der Waals surface area (Å²) in [4.78, 5) is 8.32. The summed E-state index contributed by atoms with van der Waals surface area (Å²) >= 11 is 12.0. The number of hydrogen-bond donors (Lipinski definition) is 2. The molecule has 2 heterocycles. The van der Waals surface area contributed by atoms with Crippen LogP contribution in [0.15, 0.2) is 48.9 Å². The van der Waals surface area contributed by atoms with Gasteiger partial charge in [-0.05, 0) is 35.9 Å². The molecule has 0 aliphatic carbocycles. The van der Waals surface area contributed by atoms with Crippen LogP contribution in [0.2, 0.25) is 10.0 Å². The summed E-state index contributed by atoms with van der Waals surface area (Å²) in [7, 11) is 0. The zero-order chi connectivity index (χ0) is 16.1. The molecule has 3 aromatic rings. The Morgan fingerprint density at radius 1 is 1.04 bits per heavy atom. The van der Waals surface area contributed by atoms with Gasteiger partial charge in [-0.3, -0.25) is 4.98 Å². The second kappa shape index (κ2) is 7.21. The van der Waals surface area contributed by atoms with Crippen LogP contribution in [0.5, 0.6) is 0 Å². The van der Waals surface area contributed by atoms with Crippen LogP contribution in [0, 0.1) is 0 Å². The van der Waals surface area contributed by atoms with Crippen molar-refractivity contribution in [2.45, 2.75) is 6.54 Å². The molecule has 0 fully saturated rings. The highest BCUT2D eigenvalue weighted by atomic mass is 35.5. The Bertz CT molecular complexity index is 797. The van der Waals surface area contributed by atoms with E-state index in [1.165, 1.54) is 0 Å². The van der Waals surface area contributed by atoms with Gasteiger partial charge in [0.25, 0.3) is 0 Å². The van der Waals surface area contributed by atoms with Crippen LogP contribution in [0.4, 0.5) is 17.5 Å². The molecule has 116 valence electrons. The van der Waals surface area contributed by atoms with Crippen LogP contribution >= 0.6 is 23.2 Å². The molecule has 0 aliphatic rings. The van der Waals surface area contributed by atoms with E-state index in [0.29, 0.717) is 34.0 Å². The Labute approximate surface area is 142 Å². The van der Waals surface area contributed by atoms with E-state index in [9.17, 15) is 0 Å². The normalized spacial score (nSPS) is 10.3. The number of nitrogens with one attached hydrogen (secondary N) is 2. The smallest absolute Gasteiger partial charge is 0.249 e. The van der Waals surface area contributed by atoms with Gasteiger partial charge in [0.15, 0.2) is 5.82 Å². The number of halogens is 2. The third-order valence-electron chi connectivity index (χ3n) is 2.96. The molecule has 0 atom stereocenters. The molecule has 0 spiro atoms. The highest BCUT2D eigenvalue weighted by Gasteiger charge is 2.05. The van der Waals surface area contributed by atoms with E-state index in [1.54, 1.807) is 36.8 Å². The van der Waals surface area contributed by atoms with Gasteiger partial charge in [-0.2, -0.15) is 10.1 Å². The number of anilines is 3. The van der Waals surface area contributed by atoms with Gasteiger partial charge in [0.1, 0.15) is 0 Å². The summed E-state index contributed by atoms with van der Waals surface area (Å²) in [5.74, 6) is 0.943. The van der Waals surface area contributed by atoms with Crippen LogP contribution < -0.4 is 10.6 Å². The molecule has 0 unspecified atom stereocenters. The highest BCUT2D eigenvalue weighted by Crippen LogP contribution is 2.27. The zero-order valence-electron chi connectivity index (χ0n) is 11.9. The van der Waals surface area contributed by atoms with Gasteiger partial charge in [-0.25, -0.2) is 0 Å². The SMILES string of the molecule is Clc1ccc(Nc2nncc(NCc3ccncc3)n2)c(Cl)c1. The second-order valence-corrected chi connectivity index (χ2v) is 5.47. The third kappa shape index (κ3) is 4.28. The largest absolute Gasteiger partial charge is 0.365 e. The lowest BCUT2D eigenvalue weighted by atomic mass is 10.3. The predicted octanol–water partition coefficient (Wildman–Crippen LogP) is 3.93. The fourth-order valence-electron chi connectivity index (χ4n) is 1.85. The third-order valence-corrected chi connectivity index (χ3v) is 3.51. The van der Waals surface area contributed by atoms with E-state index >= 15 is 0 Å². The topological polar surface area (TPSA) is 75.6 Å². The van der Waals surface area contributed by atoms with Crippen molar-refractivity contribution in [3.8, 4) is 0 Å². The van der Waals surface area contributed by atoms with Gasteiger partial charge in [0.2, 0.25) is 5.95 Å². The fourth-order valence-corrected chi connectivity index (χ4v) is 2.30. The molecule has 0 radical (unpaired) electrons. The van der Waals surface area contributed by atoms with Gasteiger partial charge in [-0.15, -0.1) is 5.10 Å². The van der Waals surface area contributed by atoms with Crippen molar-refractivity contribution in [2.75, 3.05) is 10.6 Å². The summed E-state index contributed by atoms with van der Waals surface area (Å²) in [5, 5.41) is 15.1. The minimum atomic E-state index is 0.342. The summed E-state index contributed by atoms with van der Waals surface area (Å²) in [6.45, 7) is 0.613. The van der Waals surface area contributed by atoms with Crippen LogP contribution in [-0.2, 0) is 6.54 Å². The molecule has 0 saturated heterocycles. The van der Waals surface area contributed by atoms with Crippen molar-refractivity contribution < 1.29 is 0 Å². The van der Waals surface area contributed by atoms with Crippen LogP contribution in [0.3, 0.4) is 0 Å². The minimum absolute atomic E-state index is 0.342. The summed E-state index contributed by atoms with van der Waals surface area (Å²) in [6, 6.07) is 8.98. The molecular formula is C15H12Cl2N6. The Morgan fingerprint density at radius 2 is 1.87 bits per heavy atom. The van der Waals surface area contributed by atoms with Crippen molar-refractivity contribution in [1.29, 1.82) is 0 Å². The van der Waals surface area contributed by atoms with E-state index in [-0.39, 0.29) is 0 Å². The second-order valence-electron chi connectivity index (χ2n) is 4.62. The molecule has 8 heteroatoms. The molecule has 6 nitrogen and oxygen atoms in total. The minimum Gasteiger partial charge on any atom is -0.365 e. The van der Waals surface area contributed by atoms with E-state index in [4.69, 9.17) is 23.2 Å². The summed E-state index contributed by atoms with van der Waals surface area (Å²) in [6.07, 6.45) is 5.03. The Balaban J connectivity index is 1.69. The molecule has 0 aliphatic heterocycles. The van der Waals surface area contributed by atoms with Gasteiger partial charge in [0.05, 0.1) is 16.9 Å². The van der Waals surface area contributed by atoms with Crippen molar-refractivity contribution >= 4 is 40.7 Å². The van der Waals surface area contributed by atoms with Gasteiger partial charge < -0.3 is 10.6 Å². The maximum absolute atomic E-state index is 6.12. The molecule has 2 N–H and O–H groups in total. The monoisotopic (exact) mass is 346 g/mol. The molecule has 0 saturated carbocycles. The lowest BCUT2D eigenvalue weighted by Gasteiger charge is -2.09. The Morgan fingerprint density at radius 3 is 2.65 bits per heavy atom. The fraction of sp³-hybridized carbons (Fsp3) is 0.0667. The van der Waals surface area contributed by atoms with Crippen molar-refractivity contribution in [3.05, 3.63) is 64.5 Å². The first kappa shape index (κ1) is 15.5. The summed E-state index contributed by atoms with van der Waals surface area (Å²) in [5.41, 5.74) is 1.75. The average Bonchev–Trinajstić information content (AvgIpc) is 2.57. The van der Waals surface area contributed by atoms with E-state index in [2.05, 4.69) is 30.8 Å². The number of rotatable bonds is 5. The van der Waals surface area contributed by atoms with E-state index in [1.807, 2.05) is 12.1 Å². The Kier molecular flexibility index (Phi) is 4.85. The molecule has 0 bridgehead atoms. The van der Waals surface area contributed by atoms with Crippen LogP contribution in [0.25, 0.3) is 0 Å². The first-order valence-electron chi connectivity index (χ1n) is 6.75. The van der Waals surface area contributed by atoms with Gasteiger partial charge in [0, 0.05) is 24.0 Å². The van der Waals surface area contributed by atoms with Gasteiger partial charge >= 0.3 is 0 Å². The van der Waals surface area contributed by atoms with Crippen molar-refractivity contribution in [1.82, 2.24) is 20.2 Å². The maximum atomic E-state index is 6.12. The Hall–Kier alpha value is -2.44. The predicted molar refractivity (Wildman–Crippen MR) is 91.1 cm³/mol. The lowest BCUT2D eigenvalue weighted by molar-refractivity contribution is 0.965. The number of nitrogens with zero attached hydrogens (tertiary/aromatic N) is 4. The molecule has 3 rings (SSSR count). The number of aromatic nitrogens is 4. The molecule has 1 aromatic carbocycles. The molecule has 23 heavy (non-hydrogen) atoms. The first-order valence-corrected chi connectivity index (χ1v) is 7.51. The van der Waals surface area contributed by atoms with E-state index in [0.717, 1.165) is 5.56 Å². The number of hydrogen-bond acceptors (Lipinski definition) is 6. The number of benzene rings is 1. The molecule has 2 aromatic heterocycles. The zero-order valence-corrected chi connectivity index (χ0v) is 13.4. The van der Waals surface area contributed by atoms with Crippen molar-refractivity contribution in [3.63, 3.8) is 0 Å². The molecule has 0 amide bonds. The van der Waals surface area contributed by atoms with Crippen molar-refractivity contribution in [2.24, 2.45) is 0 Å².